The maximum absolute atomic E-state index is 12.1. The topological polar surface area (TPSA) is 70.7 Å². The van der Waals surface area contributed by atoms with E-state index in [-0.39, 0.29) is 18.4 Å². The number of rotatable bonds is 6. The van der Waals surface area contributed by atoms with Crippen LogP contribution in [0, 0.1) is 0 Å². The molecular weight excluding hydrogens is 270 g/mol. The fourth-order valence-corrected chi connectivity index (χ4v) is 2.19. The zero-order chi connectivity index (χ0) is 15.2. The monoisotopic (exact) mass is 291 g/mol. The number of amides is 2. The fraction of sp³-hybridized carbons (Fsp3) is 0.467. The van der Waals surface area contributed by atoms with Gasteiger partial charge in [0.1, 0.15) is 5.75 Å². The molecule has 0 fully saturated rings. The first-order valence-corrected chi connectivity index (χ1v) is 7.21. The SMILES string of the molecule is CCN(CC)CCNC(=O)c1ccc2c(c1)OCC(=O)N2. The Balaban J connectivity index is 1.92. The molecule has 0 bridgehead atoms. The summed E-state index contributed by atoms with van der Waals surface area (Å²) in [5.74, 6) is 0.218. The van der Waals surface area contributed by atoms with Crippen LogP contribution in [-0.4, -0.2) is 49.5 Å². The van der Waals surface area contributed by atoms with Gasteiger partial charge < -0.3 is 20.3 Å². The Morgan fingerprint density at radius 1 is 1.38 bits per heavy atom. The molecule has 21 heavy (non-hydrogen) atoms. The van der Waals surface area contributed by atoms with Gasteiger partial charge in [-0.1, -0.05) is 13.8 Å². The van der Waals surface area contributed by atoms with Crippen LogP contribution in [0.5, 0.6) is 5.75 Å². The van der Waals surface area contributed by atoms with E-state index >= 15 is 0 Å². The van der Waals surface area contributed by atoms with E-state index in [2.05, 4.69) is 29.4 Å². The van der Waals surface area contributed by atoms with E-state index in [1.54, 1.807) is 18.2 Å². The van der Waals surface area contributed by atoms with Gasteiger partial charge >= 0.3 is 0 Å². The highest BCUT2D eigenvalue weighted by molar-refractivity contribution is 5.98. The Bertz CT molecular complexity index is 527. The van der Waals surface area contributed by atoms with Gasteiger partial charge in [-0.05, 0) is 31.3 Å². The summed E-state index contributed by atoms with van der Waals surface area (Å²) in [5.41, 5.74) is 1.13. The number of hydrogen-bond donors (Lipinski definition) is 2. The number of carbonyl (C=O) groups excluding carboxylic acids is 2. The summed E-state index contributed by atoms with van der Waals surface area (Å²) in [7, 11) is 0. The number of likely N-dealkylation sites (N-methyl/N-ethyl adjacent to an activating group) is 1. The summed E-state index contributed by atoms with van der Waals surface area (Å²) in [4.78, 5) is 25.5. The van der Waals surface area contributed by atoms with E-state index in [0.717, 1.165) is 19.6 Å². The van der Waals surface area contributed by atoms with Crippen molar-refractivity contribution < 1.29 is 14.3 Å². The first-order valence-electron chi connectivity index (χ1n) is 7.21. The molecule has 0 radical (unpaired) electrons. The van der Waals surface area contributed by atoms with Crippen LogP contribution in [-0.2, 0) is 4.79 Å². The molecule has 0 atom stereocenters. The molecule has 0 saturated carbocycles. The van der Waals surface area contributed by atoms with Gasteiger partial charge in [-0.3, -0.25) is 9.59 Å². The summed E-state index contributed by atoms with van der Waals surface area (Å²) in [6, 6.07) is 5.02. The second-order valence-electron chi connectivity index (χ2n) is 4.83. The first kappa shape index (κ1) is 15.3. The number of anilines is 1. The predicted molar refractivity (Wildman–Crippen MR) is 80.7 cm³/mol. The predicted octanol–water partition coefficient (Wildman–Crippen LogP) is 1.09. The molecule has 114 valence electrons. The van der Waals surface area contributed by atoms with E-state index in [1.165, 1.54) is 0 Å². The van der Waals surface area contributed by atoms with Crippen molar-refractivity contribution in [1.82, 2.24) is 10.2 Å². The fourth-order valence-electron chi connectivity index (χ4n) is 2.19. The van der Waals surface area contributed by atoms with Crippen molar-refractivity contribution >= 4 is 17.5 Å². The van der Waals surface area contributed by atoms with E-state index in [0.29, 0.717) is 23.5 Å². The van der Waals surface area contributed by atoms with Crippen LogP contribution in [0.4, 0.5) is 5.69 Å². The standard InChI is InChI=1S/C15H21N3O3/c1-3-18(4-2)8-7-16-15(20)11-5-6-12-13(9-11)21-10-14(19)17-12/h5-6,9H,3-4,7-8,10H2,1-2H3,(H,16,20)(H,17,19). The molecule has 1 aliphatic rings. The molecule has 0 spiro atoms. The number of fused-ring (bicyclic) bond motifs is 1. The second-order valence-corrected chi connectivity index (χ2v) is 4.83. The highest BCUT2D eigenvalue weighted by Gasteiger charge is 2.17. The summed E-state index contributed by atoms with van der Waals surface area (Å²) in [5, 5.41) is 5.59. The average molecular weight is 291 g/mol. The minimum absolute atomic E-state index is 0.0139. The Hall–Kier alpha value is -2.08. The van der Waals surface area contributed by atoms with E-state index in [4.69, 9.17) is 4.74 Å². The smallest absolute Gasteiger partial charge is 0.262 e. The number of nitrogens with zero attached hydrogens (tertiary/aromatic N) is 1. The van der Waals surface area contributed by atoms with Crippen molar-refractivity contribution in [3.05, 3.63) is 23.8 Å². The third-order valence-electron chi connectivity index (χ3n) is 3.48. The van der Waals surface area contributed by atoms with Gasteiger partial charge in [0, 0.05) is 18.7 Å². The highest BCUT2D eigenvalue weighted by atomic mass is 16.5. The van der Waals surface area contributed by atoms with Crippen LogP contribution in [0.25, 0.3) is 0 Å². The summed E-state index contributed by atoms with van der Waals surface area (Å²) in [6.45, 7) is 7.56. The third-order valence-corrected chi connectivity index (χ3v) is 3.48. The molecule has 2 N–H and O–H groups in total. The van der Waals surface area contributed by atoms with Gasteiger partial charge in [0.15, 0.2) is 6.61 Å². The van der Waals surface area contributed by atoms with Gasteiger partial charge in [0.2, 0.25) is 0 Å². The lowest BCUT2D eigenvalue weighted by Crippen LogP contribution is -2.34. The molecule has 6 heteroatoms. The third kappa shape index (κ3) is 3.95. The number of hydrogen-bond acceptors (Lipinski definition) is 4. The number of carbonyl (C=O) groups is 2. The van der Waals surface area contributed by atoms with Gasteiger partial charge in [-0.25, -0.2) is 0 Å². The van der Waals surface area contributed by atoms with Crippen LogP contribution in [0.3, 0.4) is 0 Å². The van der Waals surface area contributed by atoms with Crippen LogP contribution in [0.15, 0.2) is 18.2 Å². The second kappa shape index (κ2) is 7.08. The van der Waals surface area contributed by atoms with E-state index in [9.17, 15) is 9.59 Å². The summed E-state index contributed by atoms with van der Waals surface area (Å²) < 4.78 is 5.30. The lowest BCUT2D eigenvalue weighted by molar-refractivity contribution is -0.118. The van der Waals surface area contributed by atoms with Crippen molar-refractivity contribution in [3.63, 3.8) is 0 Å². The number of ether oxygens (including phenoxy) is 1. The molecule has 2 rings (SSSR count). The molecule has 1 aliphatic heterocycles. The molecule has 6 nitrogen and oxygen atoms in total. The molecule has 0 aromatic heterocycles. The molecule has 0 unspecified atom stereocenters. The first-order chi connectivity index (χ1) is 10.1. The van der Waals surface area contributed by atoms with E-state index < -0.39 is 0 Å². The van der Waals surface area contributed by atoms with Crippen molar-refractivity contribution in [2.45, 2.75) is 13.8 Å². The summed E-state index contributed by atoms with van der Waals surface area (Å²) in [6.07, 6.45) is 0. The number of nitrogens with one attached hydrogen (secondary N) is 2. The molecule has 0 saturated heterocycles. The van der Waals surface area contributed by atoms with Crippen LogP contribution in [0.1, 0.15) is 24.2 Å². The average Bonchev–Trinajstić information content (AvgIpc) is 2.50. The number of benzene rings is 1. The minimum Gasteiger partial charge on any atom is -0.482 e. The largest absolute Gasteiger partial charge is 0.482 e. The Labute approximate surface area is 124 Å². The highest BCUT2D eigenvalue weighted by Crippen LogP contribution is 2.28. The molecule has 0 aliphatic carbocycles. The Morgan fingerprint density at radius 2 is 2.14 bits per heavy atom. The van der Waals surface area contributed by atoms with Gasteiger partial charge in [0.25, 0.3) is 11.8 Å². The van der Waals surface area contributed by atoms with Crippen molar-refractivity contribution in [1.29, 1.82) is 0 Å². The molecule has 1 aromatic carbocycles. The maximum atomic E-state index is 12.1. The van der Waals surface area contributed by atoms with Crippen molar-refractivity contribution in [3.8, 4) is 5.75 Å². The van der Waals surface area contributed by atoms with E-state index in [1.807, 2.05) is 0 Å². The Kier molecular flexibility index (Phi) is 5.16. The maximum Gasteiger partial charge on any atom is 0.262 e. The van der Waals surface area contributed by atoms with Crippen LogP contribution in [0.2, 0.25) is 0 Å². The molecular formula is C15H21N3O3. The Morgan fingerprint density at radius 3 is 2.86 bits per heavy atom. The van der Waals surface area contributed by atoms with Gasteiger partial charge in [-0.15, -0.1) is 0 Å². The van der Waals surface area contributed by atoms with Crippen molar-refractivity contribution in [2.75, 3.05) is 38.1 Å². The van der Waals surface area contributed by atoms with Crippen molar-refractivity contribution in [2.24, 2.45) is 0 Å². The molecule has 1 heterocycles. The van der Waals surface area contributed by atoms with Gasteiger partial charge in [-0.2, -0.15) is 0 Å². The molecule has 1 aromatic rings. The molecule has 2 amide bonds. The quantitative estimate of drug-likeness (QED) is 0.823. The lowest BCUT2D eigenvalue weighted by atomic mass is 10.1. The zero-order valence-corrected chi connectivity index (χ0v) is 12.4. The normalized spacial score (nSPS) is 13.4. The minimum atomic E-state index is -0.182. The van der Waals surface area contributed by atoms with Gasteiger partial charge in [0.05, 0.1) is 5.69 Å². The summed E-state index contributed by atoms with van der Waals surface area (Å²) >= 11 is 0. The zero-order valence-electron chi connectivity index (χ0n) is 12.4. The van der Waals surface area contributed by atoms with Crippen LogP contribution >= 0.6 is 0 Å². The lowest BCUT2D eigenvalue weighted by Gasteiger charge is -2.19. The van der Waals surface area contributed by atoms with Crippen LogP contribution < -0.4 is 15.4 Å².